The van der Waals surface area contributed by atoms with Crippen LogP contribution < -0.4 is 14.8 Å². The molecule has 4 heteroatoms. The zero-order chi connectivity index (χ0) is 15.1. The van der Waals surface area contributed by atoms with Crippen molar-refractivity contribution in [1.29, 1.82) is 0 Å². The standard InChI is InChI=1S/C17H21NO3/c1-20-16-7-6-13(11-17(16)21-2)8-9-18-12-14-4-3-5-15(19)10-14/h3-7,10-11,18-19H,8-9,12H2,1-2H3/p+1. The first-order valence-corrected chi connectivity index (χ1v) is 7.03. The van der Waals surface area contributed by atoms with Crippen molar-refractivity contribution in [2.75, 3.05) is 20.8 Å². The Bertz CT molecular complexity index is 584. The summed E-state index contributed by atoms with van der Waals surface area (Å²) in [5.74, 6) is 1.84. The molecule has 3 N–H and O–H groups in total. The van der Waals surface area contributed by atoms with Crippen LogP contribution in [0.2, 0.25) is 0 Å². The molecule has 0 fully saturated rings. The van der Waals surface area contributed by atoms with Gasteiger partial charge >= 0.3 is 0 Å². The first-order valence-electron chi connectivity index (χ1n) is 7.03. The van der Waals surface area contributed by atoms with E-state index in [1.165, 1.54) is 5.56 Å². The van der Waals surface area contributed by atoms with Crippen LogP contribution in [0.5, 0.6) is 17.2 Å². The molecule has 112 valence electrons. The molecule has 0 saturated carbocycles. The molecular weight excluding hydrogens is 266 g/mol. The molecule has 0 aliphatic rings. The smallest absolute Gasteiger partial charge is 0.160 e. The summed E-state index contributed by atoms with van der Waals surface area (Å²) in [6, 6.07) is 13.4. The zero-order valence-electron chi connectivity index (χ0n) is 12.5. The van der Waals surface area contributed by atoms with E-state index >= 15 is 0 Å². The van der Waals surface area contributed by atoms with Crippen LogP contribution in [-0.2, 0) is 13.0 Å². The van der Waals surface area contributed by atoms with Crippen LogP contribution >= 0.6 is 0 Å². The lowest BCUT2D eigenvalue weighted by atomic mass is 10.1. The van der Waals surface area contributed by atoms with E-state index in [-0.39, 0.29) is 0 Å². The molecule has 0 heterocycles. The molecule has 0 bridgehead atoms. The van der Waals surface area contributed by atoms with Gasteiger partial charge in [-0.1, -0.05) is 18.2 Å². The maximum absolute atomic E-state index is 9.42. The van der Waals surface area contributed by atoms with Crippen LogP contribution in [0.15, 0.2) is 42.5 Å². The first kappa shape index (κ1) is 15.2. The van der Waals surface area contributed by atoms with Crippen molar-refractivity contribution in [3.8, 4) is 17.2 Å². The second kappa shape index (κ2) is 7.55. The van der Waals surface area contributed by atoms with Crippen molar-refractivity contribution in [3.05, 3.63) is 53.6 Å². The average molecular weight is 288 g/mol. The predicted molar refractivity (Wildman–Crippen MR) is 81.9 cm³/mol. The summed E-state index contributed by atoms with van der Waals surface area (Å²) in [6.07, 6.45) is 0.958. The number of ether oxygens (including phenoxy) is 2. The largest absolute Gasteiger partial charge is 0.508 e. The van der Waals surface area contributed by atoms with Crippen molar-refractivity contribution in [2.45, 2.75) is 13.0 Å². The van der Waals surface area contributed by atoms with E-state index in [1.54, 1.807) is 26.4 Å². The summed E-state index contributed by atoms with van der Waals surface area (Å²) >= 11 is 0. The molecule has 2 aromatic carbocycles. The number of benzene rings is 2. The monoisotopic (exact) mass is 288 g/mol. The lowest BCUT2D eigenvalue weighted by Crippen LogP contribution is -2.83. The van der Waals surface area contributed by atoms with E-state index in [0.29, 0.717) is 5.75 Å². The van der Waals surface area contributed by atoms with Gasteiger partial charge in [0.15, 0.2) is 11.5 Å². The third-order valence-corrected chi connectivity index (χ3v) is 3.38. The van der Waals surface area contributed by atoms with E-state index in [0.717, 1.165) is 36.6 Å². The summed E-state index contributed by atoms with van der Waals surface area (Å²) < 4.78 is 10.5. The Morgan fingerprint density at radius 1 is 0.952 bits per heavy atom. The van der Waals surface area contributed by atoms with Gasteiger partial charge in [0.1, 0.15) is 12.3 Å². The molecule has 0 unspecified atom stereocenters. The second-order valence-electron chi connectivity index (χ2n) is 4.89. The fourth-order valence-corrected chi connectivity index (χ4v) is 2.26. The van der Waals surface area contributed by atoms with Crippen LogP contribution in [0.4, 0.5) is 0 Å². The Hall–Kier alpha value is -2.20. The molecule has 0 amide bonds. The summed E-state index contributed by atoms with van der Waals surface area (Å²) in [4.78, 5) is 0. The van der Waals surface area contributed by atoms with E-state index in [1.807, 2.05) is 24.3 Å². The minimum atomic E-state index is 0.320. The van der Waals surface area contributed by atoms with Gasteiger partial charge < -0.3 is 19.9 Å². The van der Waals surface area contributed by atoms with E-state index in [4.69, 9.17) is 9.47 Å². The van der Waals surface area contributed by atoms with Crippen LogP contribution in [0.1, 0.15) is 11.1 Å². The fraction of sp³-hybridized carbons (Fsp3) is 0.294. The highest BCUT2D eigenvalue weighted by atomic mass is 16.5. The number of phenolic OH excluding ortho intramolecular Hbond substituents is 1. The third kappa shape index (κ3) is 4.39. The number of quaternary nitrogens is 1. The quantitative estimate of drug-likeness (QED) is 0.763. The summed E-state index contributed by atoms with van der Waals surface area (Å²) in [5.41, 5.74) is 2.35. The molecule has 21 heavy (non-hydrogen) atoms. The second-order valence-corrected chi connectivity index (χ2v) is 4.89. The van der Waals surface area contributed by atoms with Crippen molar-refractivity contribution in [2.24, 2.45) is 0 Å². The van der Waals surface area contributed by atoms with Crippen molar-refractivity contribution < 1.29 is 19.9 Å². The van der Waals surface area contributed by atoms with Gasteiger partial charge in [0.05, 0.1) is 20.8 Å². The average Bonchev–Trinajstić information content (AvgIpc) is 2.51. The van der Waals surface area contributed by atoms with Gasteiger partial charge in [0, 0.05) is 12.0 Å². The van der Waals surface area contributed by atoms with Gasteiger partial charge in [-0.15, -0.1) is 0 Å². The van der Waals surface area contributed by atoms with Crippen LogP contribution in [-0.4, -0.2) is 25.9 Å². The molecule has 0 aliphatic heterocycles. The van der Waals surface area contributed by atoms with Crippen molar-refractivity contribution in [1.82, 2.24) is 0 Å². The summed E-state index contributed by atoms with van der Waals surface area (Å²) in [6.45, 7) is 1.84. The van der Waals surface area contributed by atoms with Crippen LogP contribution in [0.3, 0.4) is 0 Å². The molecular formula is C17H22NO3+. The van der Waals surface area contributed by atoms with E-state index in [9.17, 15) is 5.11 Å². The lowest BCUT2D eigenvalue weighted by Gasteiger charge is -2.09. The Labute approximate surface area is 125 Å². The Kier molecular flexibility index (Phi) is 5.46. The minimum Gasteiger partial charge on any atom is -0.508 e. The SMILES string of the molecule is COc1ccc(CC[NH2+]Cc2cccc(O)c2)cc1OC. The van der Waals surface area contributed by atoms with Gasteiger partial charge in [0.25, 0.3) is 0 Å². The van der Waals surface area contributed by atoms with Gasteiger partial charge in [-0.2, -0.15) is 0 Å². The molecule has 0 aliphatic carbocycles. The molecule has 0 aromatic heterocycles. The van der Waals surface area contributed by atoms with Crippen molar-refractivity contribution >= 4 is 0 Å². The highest BCUT2D eigenvalue weighted by Gasteiger charge is 2.05. The van der Waals surface area contributed by atoms with E-state index in [2.05, 4.69) is 11.4 Å². The zero-order valence-corrected chi connectivity index (χ0v) is 12.5. The number of phenols is 1. The summed E-state index contributed by atoms with van der Waals surface area (Å²) in [5, 5.41) is 11.6. The van der Waals surface area contributed by atoms with Gasteiger partial charge in [-0.25, -0.2) is 0 Å². The van der Waals surface area contributed by atoms with Gasteiger partial charge in [0.2, 0.25) is 0 Å². The fourth-order valence-electron chi connectivity index (χ4n) is 2.26. The topological polar surface area (TPSA) is 55.3 Å². The highest BCUT2D eigenvalue weighted by molar-refractivity contribution is 5.42. The molecule has 4 nitrogen and oxygen atoms in total. The summed E-state index contributed by atoms with van der Waals surface area (Å²) in [7, 11) is 3.29. The number of hydrogen-bond donors (Lipinski definition) is 2. The minimum absolute atomic E-state index is 0.320. The lowest BCUT2D eigenvalue weighted by molar-refractivity contribution is -0.670. The number of nitrogens with two attached hydrogens (primary N) is 1. The van der Waals surface area contributed by atoms with E-state index < -0.39 is 0 Å². The Balaban J connectivity index is 1.83. The molecule has 2 aromatic rings. The first-order chi connectivity index (χ1) is 10.2. The molecule has 2 rings (SSSR count). The molecule has 0 saturated heterocycles. The molecule has 0 radical (unpaired) electrons. The Morgan fingerprint density at radius 2 is 1.76 bits per heavy atom. The Morgan fingerprint density at radius 3 is 2.48 bits per heavy atom. The normalized spacial score (nSPS) is 10.4. The molecule has 0 spiro atoms. The van der Waals surface area contributed by atoms with Crippen LogP contribution in [0, 0.1) is 0 Å². The maximum atomic E-state index is 9.42. The number of methoxy groups -OCH3 is 2. The highest BCUT2D eigenvalue weighted by Crippen LogP contribution is 2.27. The number of rotatable bonds is 7. The van der Waals surface area contributed by atoms with Crippen molar-refractivity contribution in [3.63, 3.8) is 0 Å². The number of aromatic hydroxyl groups is 1. The van der Waals surface area contributed by atoms with Gasteiger partial charge in [-0.05, 0) is 29.8 Å². The maximum Gasteiger partial charge on any atom is 0.160 e. The number of hydrogen-bond acceptors (Lipinski definition) is 3. The predicted octanol–water partition coefficient (Wildman–Crippen LogP) is 1.72. The third-order valence-electron chi connectivity index (χ3n) is 3.38. The van der Waals surface area contributed by atoms with Gasteiger partial charge in [-0.3, -0.25) is 0 Å². The van der Waals surface area contributed by atoms with Crippen LogP contribution in [0.25, 0.3) is 0 Å². The molecule has 0 atom stereocenters.